The number of carbonyl (C=O) groups is 1. The third kappa shape index (κ3) is 0.888. The molecule has 56 valence electrons. The summed E-state index contributed by atoms with van der Waals surface area (Å²) in [6.07, 6.45) is 4.71. The van der Waals surface area contributed by atoms with Crippen LogP contribution in [0.2, 0.25) is 0 Å². The average Bonchev–Trinajstić information content (AvgIpc) is 2.31. The van der Waals surface area contributed by atoms with Gasteiger partial charge in [-0.15, -0.1) is 0 Å². The minimum atomic E-state index is -0.208. The maximum Gasteiger partial charge on any atom is 0.207 e. The lowest BCUT2D eigenvalue weighted by Crippen LogP contribution is -2.13. The number of fused-ring (bicyclic) bond motifs is 1. The van der Waals surface area contributed by atoms with Gasteiger partial charge in [-0.3, -0.25) is 4.79 Å². The lowest BCUT2D eigenvalue weighted by atomic mass is 10.1. The molecule has 0 spiro atoms. The normalized spacial score (nSPS) is 27.4. The summed E-state index contributed by atoms with van der Waals surface area (Å²) in [5.74, 6) is 0.539. The summed E-state index contributed by atoms with van der Waals surface area (Å²) >= 11 is 0. The Morgan fingerprint density at radius 3 is 3.18 bits per heavy atom. The van der Waals surface area contributed by atoms with E-state index >= 15 is 0 Å². The first kappa shape index (κ1) is 6.34. The monoisotopic (exact) mass is 149 g/mol. The Morgan fingerprint density at radius 1 is 1.64 bits per heavy atom. The van der Waals surface area contributed by atoms with Crippen molar-refractivity contribution in [1.29, 1.82) is 0 Å². The van der Waals surface area contributed by atoms with E-state index in [1.165, 1.54) is 6.08 Å². The van der Waals surface area contributed by atoms with Crippen LogP contribution < -0.4 is 0 Å². The molecule has 1 aliphatic heterocycles. The minimum absolute atomic E-state index is 0.0631. The van der Waals surface area contributed by atoms with Crippen molar-refractivity contribution in [2.75, 3.05) is 0 Å². The molecule has 1 aliphatic carbocycles. The number of allylic oxidation sites excluding steroid dienone is 4. The standard InChI is InChI=1S/C8H7NO2/c1-5-9-8-6(10)3-2-4-7(8)11-5/h2-5H,1H3. The number of aliphatic imine (C=N–C) groups is 1. The van der Waals surface area contributed by atoms with E-state index in [1.807, 2.05) is 0 Å². The lowest BCUT2D eigenvalue weighted by molar-refractivity contribution is -0.108. The number of carbonyl (C=O) groups excluding carboxylic acids is 1. The van der Waals surface area contributed by atoms with E-state index in [4.69, 9.17) is 4.74 Å². The van der Waals surface area contributed by atoms with Crippen molar-refractivity contribution in [2.24, 2.45) is 4.99 Å². The number of hydrogen-bond acceptors (Lipinski definition) is 3. The Labute approximate surface area is 64.1 Å². The third-order valence-corrected chi connectivity index (χ3v) is 1.57. The minimum Gasteiger partial charge on any atom is -0.467 e. The van der Waals surface area contributed by atoms with E-state index in [9.17, 15) is 4.79 Å². The Morgan fingerprint density at radius 2 is 2.45 bits per heavy atom. The van der Waals surface area contributed by atoms with Gasteiger partial charge >= 0.3 is 0 Å². The van der Waals surface area contributed by atoms with Crippen LogP contribution in [0.25, 0.3) is 0 Å². The van der Waals surface area contributed by atoms with E-state index in [2.05, 4.69) is 4.99 Å². The first-order chi connectivity index (χ1) is 5.27. The molecule has 0 bridgehead atoms. The molecule has 0 aromatic carbocycles. The van der Waals surface area contributed by atoms with E-state index < -0.39 is 0 Å². The van der Waals surface area contributed by atoms with Gasteiger partial charge in [-0.25, -0.2) is 4.99 Å². The summed E-state index contributed by atoms with van der Waals surface area (Å²) in [6, 6.07) is 0. The topological polar surface area (TPSA) is 38.7 Å². The highest BCUT2D eigenvalue weighted by Gasteiger charge is 2.26. The van der Waals surface area contributed by atoms with Gasteiger partial charge in [-0.05, 0) is 19.1 Å². The second-order valence-corrected chi connectivity index (χ2v) is 2.45. The van der Waals surface area contributed by atoms with Crippen molar-refractivity contribution >= 4 is 11.5 Å². The van der Waals surface area contributed by atoms with E-state index in [0.29, 0.717) is 11.5 Å². The zero-order chi connectivity index (χ0) is 7.84. The lowest BCUT2D eigenvalue weighted by Gasteiger charge is -2.03. The Kier molecular flexibility index (Phi) is 1.18. The van der Waals surface area contributed by atoms with Crippen LogP contribution in [0, 0.1) is 0 Å². The van der Waals surface area contributed by atoms with Crippen LogP contribution >= 0.6 is 0 Å². The zero-order valence-corrected chi connectivity index (χ0v) is 6.07. The number of ketones is 1. The molecule has 1 unspecified atom stereocenters. The number of rotatable bonds is 0. The van der Waals surface area contributed by atoms with Crippen LogP contribution in [0.3, 0.4) is 0 Å². The molecule has 3 heteroatoms. The highest BCUT2D eigenvalue weighted by molar-refractivity contribution is 6.50. The van der Waals surface area contributed by atoms with Gasteiger partial charge in [0.2, 0.25) is 5.78 Å². The van der Waals surface area contributed by atoms with Gasteiger partial charge in [-0.1, -0.05) is 6.08 Å². The fourth-order valence-electron chi connectivity index (χ4n) is 1.12. The molecule has 0 radical (unpaired) electrons. The van der Waals surface area contributed by atoms with E-state index in [1.54, 1.807) is 19.1 Å². The van der Waals surface area contributed by atoms with Crippen molar-refractivity contribution in [3.63, 3.8) is 0 Å². The van der Waals surface area contributed by atoms with Gasteiger partial charge in [0.15, 0.2) is 17.7 Å². The summed E-state index contributed by atoms with van der Waals surface area (Å²) < 4.78 is 5.22. The molecule has 2 aliphatic rings. The van der Waals surface area contributed by atoms with Gasteiger partial charge in [0.05, 0.1) is 0 Å². The number of nitrogens with zero attached hydrogens (tertiary/aromatic N) is 1. The Balaban J connectivity index is 2.44. The molecule has 0 aromatic rings. The van der Waals surface area contributed by atoms with Gasteiger partial charge in [0.1, 0.15) is 0 Å². The van der Waals surface area contributed by atoms with Crippen molar-refractivity contribution < 1.29 is 9.53 Å². The molecule has 3 nitrogen and oxygen atoms in total. The van der Waals surface area contributed by atoms with Crippen LogP contribution in [0.5, 0.6) is 0 Å². The summed E-state index contributed by atoms with van der Waals surface area (Å²) in [7, 11) is 0. The molecule has 0 aromatic heterocycles. The maximum atomic E-state index is 11.1. The summed E-state index contributed by atoms with van der Waals surface area (Å²) in [4.78, 5) is 15.1. The smallest absolute Gasteiger partial charge is 0.207 e. The van der Waals surface area contributed by atoms with E-state index in [0.717, 1.165) is 0 Å². The largest absolute Gasteiger partial charge is 0.467 e. The van der Waals surface area contributed by atoms with Crippen molar-refractivity contribution in [3.05, 3.63) is 24.0 Å². The summed E-state index contributed by atoms with van der Waals surface area (Å²) in [5.41, 5.74) is 0.458. The summed E-state index contributed by atoms with van der Waals surface area (Å²) in [6.45, 7) is 1.80. The molecule has 0 N–H and O–H groups in total. The Hall–Kier alpha value is -1.38. The van der Waals surface area contributed by atoms with Gasteiger partial charge in [0, 0.05) is 0 Å². The SMILES string of the molecule is CC1N=C2C(=O)C=CC=C2O1. The van der Waals surface area contributed by atoms with Crippen LogP contribution in [0.4, 0.5) is 0 Å². The number of ether oxygens (including phenoxy) is 1. The van der Waals surface area contributed by atoms with Crippen LogP contribution in [0.1, 0.15) is 6.92 Å². The van der Waals surface area contributed by atoms with Crippen LogP contribution in [-0.4, -0.2) is 17.7 Å². The van der Waals surface area contributed by atoms with Gasteiger partial charge in [-0.2, -0.15) is 0 Å². The first-order valence-electron chi connectivity index (χ1n) is 3.45. The van der Waals surface area contributed by atoms with Gasteiger partial charge in [0.25, 0.3) is 0 Å². The molecule has 1 heterocycles. The average molecular weight is 149 g/mol. The molecule has 11 heavy (non-hydrogen) atoms. The molecular formula is C8H7NO2. The Bertz CT molecular complexity index is 299. The fourth-order valence-corrected chi connectivity index (χ4v) is 1.12. The second-order valence-electron chi connectivity index (χ2n) is 2.45. The number of hydrogen-bond donors (Lipinski definition) is 0. The quantitative estimate of drug-likeness (QED) is 0.478. The zero-order valence-electron chi connectivity index (χ0n) is 6.07. The third-order valence-electron chi connectivity index (χ3n) is 1.57. The van der Waals surface area contributed by atoms with Crippen molar-refractivity contribution in [2.45, 2.75) is 13.2 Å². The second kappa shape index (κ2) is 2.05. The van der Waals surface area contributed by atoms with E-state index in [-0.39, 0.29) is 12.0 Å². The highest BCUT2D eigenvalue weighted by Crippen LogP contribution is 2.18. The molecule has 0 fully saturated rings. The molecule has 2 rings (SSSR count). The fraction of sp³-hybridized carbons (Fsp3) is 0.250. The predicted octanol–water partition coefficient (Wildman–Crippen LogP) is 0.826. The molecule has 0 saturated heterocycles. The first-order valence-corrected chi connectivity index (χ1v) is 3.45. The molecule has 1 atom stereocenters. The predicted molar refractivity (Wildman–Crippen MR) is 40.2 cm³/mol. The highest BCUT2D eigenvalue weighted by atomic mass is 16.5. The van der Waals surface area contributed by atoms with Gasteiger partial charge < -0.3 is 4.74 Å². The maximum absolute atomic E-state index is 11.1. The summed E-state index contributed by atoms with van der Waals surface area (Å²) in [5, 5.41) is 0. The van der Waals surface area contributed by atoms with Crippen molar-refractivity contribution in [1.82, 2.24) is 0 Å². The molecule has 0 saturated carbocycles. The molecule has 0 amide bonds. The molecular weight excluding hydrogens is 142 g/mol. The van der Waals surface area contributed by atoms with Crippen LogP contribution in [-0.2, 0) is 9.53 Å². The van der Waals surface area contributed by atoms with Crippen molar-refractivity contribution in [3.8, 4) is 0 Å². The van der Waals surface area contributed by atoms with Crippen LogP contribution in [0.15, 0.2) is 29.0 Å².